The molecule has 3 aliphatic heterocycles. The molecule has 7 heteroatoms. The number of thioether (sulfide) groups is 1. The van der Waals surface area contributed by atoms with Crippen LogP contribution < -0.4 is 5.56 Å². The Hall–Kier alpha value is -2.41. The van der Waals surface area contributed by atoms with Crippen molar-refractivity contribution in [3.05, 3.63) is 46.4 Å². The molecule has 1 aromatic carbocycles. The van der Waals surface area contributed by atoms with Gasteiger partial charge in [0.05, 0.1) is 10.9 Å². The molecule has 6 nitrogen and oxygen atoms in total. The summed E-state index contributed by atoms with van der Waals surface area (Å²) in [7, 11) is 0. The normalized spacial score (nSPS) is 15.3. The van der Waals surface area contributed by atoms with Gasteiger partial charge in [-0.25, -0.2) is 4.98 Å². The molecule has 0 amide bonds. The lowest BCUT2D eigenvalue weighted by atomic mass is 10.1. The summed E-state index contributed by atoms with van der Waals surface area (Å²) in [6, 6.07) is 9.42. The molecular formula is C20H22N4O2S. The van der Waals surface area contributed by atoms with Gasteiger partial charge in [-0.05, 0) is 45.2 Å². The molecule has 1 aromatic rings. The third kappa shape index (κ3) is 3.32. The fourth-order valence-corrected chi connectivity index (χ4v) is 4.38. The Bertz CT molecular complexity index is 1010. The first-order valence-corrected chi connectivity index (χ1v) is 10.2. The highest BCUT2D eigenvalue weighted by molar-refractivity contribution is 8.00. The summed E-state index contributed by atoms with van der Waals surface area (Å²) in [5, 5.41) is 5.11. The number of aromatic nitrogens is 4. The molecule has 3 heterocycles. The summed E-state index contributed by atoms with van der Waals surface area (Å²) in [6.45, 7) is 4.31. The van der Waals surface area contributed by atoms with E-state index in [0.717, 1.165) is 48.8 Å². The molecule has 1 atom stereocenters. The van der Waals surface area contributed by atoms with Crippen LogP contribution in [0.1, 0.15) is 38.8 Å². The first-order valence-electron chi connectivity index (χ1n) is 9.31. The maximum Gasteiger partial charge on any atom is 0.284 e. The number of nitrogens with zero attached hydrogens (tertiary/aromatic N) is 4. The molecule has 4 rings (SSSR count). The van der Waals surface area contributed by atoms with Gasteiger partial charge >= 0.3 is 0 Å². The van der Waals surface area contributed by atoms with Gasteiger partial charge in [0.1, 0.15) is 11.3 Å². The second-order valence-electron chi connectivity index (χ2n) is 6.93. The summed E-state index contributed by atoms with van der Waals surface area (Å²) in [4.78, 5) is 29.6. The fourth-order valence-electron chi connectivity index (χ4n) is 3.43. The average Bonchev–Trinajstić information content (AvgIpc) is 2.84. The number of benzene rings is 1. The van der Waals surface area contributed by atoms with Crippen LogP contribution in [0.2, 0.25) is 0 Å². The van der Waals surface area contributed by atoms with E-state index >= 15 is 0 Å². The number of Topliss-reactive ketones (excluding diaryl/α,β-unsaturated/α-hetero) is 1. The van der Waals surface area contributed by atoms with Crippen LogP contribution in [0.3, 0.4) is 0 Å². The SMILES string of the molecule is CC(=O)C(C)Sc1nc2nn(-c3ccccc3)c(=O)c-2c2n1CCCCC2. The second kappa shape index (κ2) is 7.31. The van der Waals surface area contributed by atoms with Crippen molar-refractivity contribution in [1.82, 2.24) is 19.3 Å². The number of ketones is 1. The van der Waals surface area contributed by atoms with E-state index in [1.54, 1.807) is 6.92 Å². The highest BCUT2D eigenvalue weighted by atomic mass is 32.2. The van der Waals surface area contributed by atoms with E-state index in [-0.39, 0.29) is 16.6 Å². The van der Waals surface area contributed by atoms with Gasteiger partial charge in [-0.3, -0.25) is 9.59 Å². The predicted molar refractivity (Wildman–Crippen MR) is 106 cm³/mol. The number of carbonyl (C=O) groups excluding carboxylic acids is 1. The summed E-state index contributed by atoms with van der Waals surface area (Å²) in [5.74, 6) is 0.583. The Morgan fingerprint density at radius 1 is 1.19 bits per heavy atom. The highest BCUT2D eigenvalue weighted by Crippen LogP contribution is 2.32. The molecule has 1 unspecified atom stereocenters. The molecule has 0 fully saturated rings. The first-order chi connectivity index (χ1) is 13.1. The fraction of sp³-hybridized carbons (Fsp3) is 0.400. The number of hydrogen-bond donors (Lipinski definition) is 0. The third-order valence-corrected chi connectivity index (χ3v) is 6.23. The highest BCUT2D eigenvalue weighted by Gasteiger charge is 2.28. The Balaban J connectivity index is 1.93. The molecule has 0 saturated carbocycles. The minimum atomic E-state index is -0.183. The quantitative estimate of drug-likeness (QED) is 0.511. The molecule has 3 aliphatic rings. The van der Waals surface area contributed by atoms with E-state index in [1.165, 1.54) is 16.4 Å². The maximum atomic E-state index is 13.1. The van der Waals surface area contributed by atoms with E-state index in [2.05, 4.69) is 9.67 Å². The standard InChI is InChI=1S/C20H22N4O2S/c1-13(25)14(2)27-20-21-18-17(16-11-7-4-8-12-23(16)20)19(26)24(22-18)15-9-5-3-6-10-15/h3,5-6,9-10,14H,4,7-8,11-12H2,1-2H3. The van der Waals surface area contributed by atoms with Crippen LogP contribution in [0.4, 0.5) is 0 Å². The van der Waals surface area contributed by atoms with Gasteiger partial charge < -0.3 is 4.57 Å². The monoisotopic (exact) mass is 382 g/mol. The minimum absolute atomic E-state index is 0.115. The zero-order valence-electron chi connectivity index (χ0n) is 15.5. The van der Waals surface area contributed by atoms with Gasteiger partial charge in [-0.2, -0.15) is 4.68 Å². The Kier molecular flexibility index (Phi) is 4.86. The van der Waals surface area contributed by atoms with Crippen LogP contribution in [0.25, 0.3) is 17.1 Å². The lowest BCUT2D eigenvalue weighted by Crippen LogP contribution is -2.20. The van der Waals surface area contributed by atoms with Crippen molar-refractivity contribution in [3.63, 3.8) is 0 Å². The Morgan fingerprint density at radius 3 is 2.70 bits per heavy atom. The van der Waals surface area contributed by atoms with Gasteiger partial charge in [0.2, 0.25) is 0 Å². The van der Waals surface area contributed by atoms with Crippen molar-refractivity contribution in [2.24, 2.45) is 0 Å². The van der Waals surface area contributed by atoms with Crippen LogP contribution in [0.5, 0.6) is 0 Å². The van der Waals surface area contributed by atoms with Crippen molar-refractivity contribution in [2.75, 3.05) is 0 Å². The van der Waals surface area contributed by atoms with Crippen LogP contribution in [-0.2, 0) is 17.8 Å². The molecule has 27 heavy (non-hydrogen) atoms. The van der Waals surface area contributed by atoms with Crippen LogP contribution in [0, 0.1) is 0 Å². The van der Waals surface area contributed by atoms with E-state index in [9.17, 15) is 9.59 Å². The molecule has 140 valence electrons. The number of rotatable bonds is 4. The van der Waals surface area contributed by atoms with Crippen LogP contribution in [0.15, 0.2) is 40.3 Å². The topological polar surface area (TPSA) is 69.8 Å². The summed E-state index contributed by atoms with van der Waals surface area (Å²) >= 11 is 1.45. The van der Waals surface area contributed by atoms with Gasteiger partial charge in [-0.1, -0.05) is 36.4 Å². The largest absolute Gasteiger partial charge is 0.324 e. The molecular weight excluding hydrogens is 360 g/mol. The van der Waals surface area contributed by atoms with E-state index in [4.69, 9.17) is 4.98 Å². The summed E-state index contributed by atoms with van der Waals surface area (Å²) < 4.78 is 3.57. The van der Waals surface area contributed by atoms with Crippen molar-refractivity contribution in [2.45, 2.75) is 56.5 Å². The van der Waals surface area contributed by atoms with E-state index in [0.29, 0.717) is 11.4 Å². The second-order valence-corrected chi connectivity index (χ2v) is 8.23. The number of hydrogen-bond acceptors (Lipinski definition) is 5. The number of carbonyl (C=O) groups is 1. The average molecular weight is 382 g/mol. The predicted octanol–water partition coefficient (Wildman–Crippen LogP) is 3.33. The summed E-state index contributed by atoms with van der Waals surface area (Å²) in [6.07, 6.45) is 4.04. The molecule has 0 spiro atoms. The molecule has 0 saturated heterocycles. The zero-order valence-corrected chi connectivity index (χ0v) is 16.3. The maximum absolute atomic E-state index is 13.1. The van der Waals surface area contributed by atoms with Crippen LogP contribution >= 0.6 is 11.8 Å². The zero-order chi connectivity index (χ0) is 19.0. The van der Waals surface area contributed by atoms with Crippen molar-refractivity contribution < 1.29 is 4.79 Å². The smallest absolute Gasteiger partial charge is 0.284 e. The van der Waals surface area contributed by atoms with E-state index in [1.807, 2.05) is 37.3 Å². The van der Waals surface area contributed by atoms with Crippen molar-refractivity contribution in [3.8, 4) is 17.1 Å². The lowest BCUT2D eigenvalue weighted by Gasteiger charge is -2.19. The Morgan fingerprint density at radius 2 is 1.96 bits per heavy atom. The van der Waals surface area contributed by atoms with E-state index < -0.39 is 0 Å². The van der Waals surface area contributed by atoms with Crippen LogP contribution in [-0.4, -0.2) is 30.4 Å². The Labute approximate surface area is 162 Å². The number of fused-ring (bicyclic) bond motifs is 3. The minimum Gasteiger partial charge on any atom is -0.324 e. The van der Waals surface area contributed by atoms with Gasteiger partial charge in [-0.15, -0.1) is 5.10 Å². The lowest BCUT2D eigenvalue weighted by molar-refractivity contribution is -0.116. The molecule has 0 N–H and O–H groups in total. The van der Waals surface area contributed by atoms with Gasteiger partial charge in [0.15, 0.2) is 11.0 Å². The molecule has 0 radical (unpaired) electrons. The third-order valence-electron chi connectivity index (χ3n) is 5.02. The van der Waals surface area contributed by atoms with Gasteiger partial charge in [0, 0.05) is 12.2 Å². The van der Waals surface area contributed by atoms with Gasteiger partial charge in [0.25, 0.3) is 5.56 Å². The first kappa shape index (κ1) is 18.0. The van der Waals surface area contributed by atoms with Crippen molar-refractivity contribution >= 4 is 17.5 Å². The molecule has 0 aromatic heterocycles. The molecule has 0 aliphatic carbocycles. The van der Waals surface area contributed by atoms with Crippen molar-refractivity contribution in [1.29, 1.82) is 0 Å². The molecule has 0 bridgehead atoms. The number of para-hydroxylation sites is 1. The summed E-state index contributed by atoms with van der Waals surface area (Å²) in [5.41, 5.74) is 2.23.